The molecule has 4 nitrogen and oxygen atoms in total. The van der Waals surface area contributed by atoms with Gasteiger partial charge < -0.3 is 5.32 Å². The van der Waals surface area contributed by atoms with E-state index < -0.39 is 0 Å². The fourth-order valence-corrected chi connectivity index (χ4v) is 2.57. The Kier molecular flexibility index (Phi) is 7.14. The average Bonchev–Trinajstić information content (AvgIpc) is 2.50. The van der Waals surface area contributed by atoms with Gasteiger partial charge in [-0.05, 0) is 53.4 Å². The number of hydrogen-bond acceptors (Lipinski definition) is 3. The molecule has 1 amide bonds. The van der Waals surface area contributed by atoms with Gasteiger partial charge in [-0.3, -0.25) is 14.4 Å². The van der Waals surface area contributed by atoms with E-state index in [2.05, 4.69) is 5.32 Å². The van der Waals surface area contributed by atoms with Crippen molar-refractivity contribution in [2.75, 3.05) is 6.54 Å². The van der Waals surface area contributed by atoms with E-state index >= 15 is 0 Å². The number of carbonyl (C=O) groups excluding carboxylic acids is 3. The molecule has 0 aliphatic heterocycles. The number of allylic oxidation sites excluding steroid dienone is 6. The van der Waals surface area contributed by atoms with Gasteiger partial charge in [-0.15, -0.1) is 0 Å². The molecule has 0 saturated heterocycles. The monoisotopic (exact) mass is 317 g/mol. The van der Waals surface area contributed by atoms with Crippen LogP contribution in [-0.4, -0.2) is 24.0 Å². The Morgan fingerprint density at radius 1 is 0.957 bits per heavy atom. The third kappa shape index (κ3) is 5.31. The summed E-state index contributed by atoms with van der Waals surface area (Å²) in [5.74, 6) is -0.0216. The van der Waals surface area contributed by atoms with E-state index in [1.54, 1.807) is 20.8 Å². The Morgan fingerprint density at radius 2 is 1.57 bits per heavy atom. The highest BCUT2D eigenvalue weighted by molar-refractivity contribution is 6.24. The van der Waals surface area contributed by atoms with Crippen molar-refractivity contribution >= 4 is 17.5 Å². The minimum Gasteiger partial charge on any atom is -0.356 e. The van der Waals surface area contributed by atoms with Crippen molar-refractivity contribution in [1.82, 2.24) is 5.32 Å². The molecular formula is C19H27NO3. The summed E-state index contributed by atoms with van der Waals surface area (Å²) < 4.78 is 0. The number of nitrogens with one attached hydrogen (secondary N) is 1. The van der Waals surface area contributed by atoms with E-state index in [1.165, 1.54) is 12.5 Å². The summed E-state index contributed by atoms with van der Waals surface area (Å²) in [6, 6.07) is 0. The average molecular weight is 317 g/mol. The Labute approximate surface area is 138 Å². The summed E-state index contributed by atoms with van der Waals surface area (Å²) in [6.45, 7) is 9.43. The lowest BCUT2D eigenvalue weighted by atomic mass is 9.84. The van der Waals surface area contributed by atoms with E-state index in [0.717, 1.165) is 19.3 Å². The SMILES string of the molecule is CC(=O)NCCCC/C(C)=C/CC1=C(C)C(=O)C(C)=C(C)C1=O. The smallest absolute Gasteiger partial charge is 0.216 e. The highest BCUT2D eigenvalue weighted by Crippen LogP contribution is 2.26. The van der Waals surface area contributed by atoms with Gasteiger partial charge in [-0.2, -0.15) is 0 Å². The van der Waals surface area contributed by atoms with E-state index in [4.69, 9.17) is 0 Å². The number of rotatable bonds is 7. The number of ketones is 2. The summed E-state index contributed by atoms with van der Waals surface area (Å²) in [4.78, 5) is 35.2. The van der Waals surface area contributed by atoms with Crippen LogP contribution in [0.4, 0.5) is 0 Å². The van der Waals surface area contributed by atoms with Crippen LogP contribution in [0.15, 0.2) is 33.9 Å². The first-order valence-corrected chi connectivity index (χ1v) is 8.12. The van der Waals surface area contributed by atoms with Crippen molar-refractivity contribution in [1.29, 1.82) is 0 Å². The summed E-state index contributed by atoms with van der Waals surface area (Å²) in [6.07, 6.45) is 5.41. The van der Waals surface area contributed by atoms with Crippen LogP contribution in [0.1, 0.15) is 60.3 Å². The molecule has 0 aromatic carbocycles. The maximum absolute atomic E-state index is 12.3. The molecule has 1 rings (SSSR count). The van der Waals surface area contributed by atoms with Crippen LogP contribution in [0, 0.1) is 0 Å². The second kappa shape index (κ2) is 8.61. The summed E-state index contributed by atoms with van der Waals surface area (Å²) >= 11 is 0. The van der Waals surface area contributed by atoms with E-state index in [1.807, 2.05) is 13.0 Å². The van der Waals surface area contributed by atoms with Gasteiger partial charge >= 0.3 is 0 Å². The number of Topliss-reactive ketones (excluding diaryl/α,β-unsaturated/α-hetero) is 2. The second-order valence-corrected chi connectivity index (χ2v) is 6.21. The molecule has 0 saturated carbocycles. The zero-order valence-electron chi connectivity index (χ0n) is 14.8. The number of carbonyl (C=O) groups is 3. The van der Waals surface area contributed by atoms with Crippen LogP contribution in [0.3, 0.4) is 0 Å². The second-order valence-electron chi connectivity index (χ2n) is 6.21. The normalized spacial score (nSPS) is 16.3. The molecule has 0 bridgehead atoms. The molecule has 1 aliphatic carbocycles. The molecule has 0 unspecified atom stereocenters. The van der Waals surface area contributed by atoms with Crippen molar-refractivity contribution in [2.45, 2.75) is 60.3 Å². The van der Waals surface area contributed by atoms with Gasteiger partial charge in [0.2, 0.25) is 5.91 Å². The maximum Gasteiger partial charge on any atom is 0.216 e. The predicted molar refractivity (Wildman–Crippen MR) is 92.0 cm³/mol. The summed E-state index contributed by atoms with van der Waals surface area (Å²) in [5, 5.41) is 2.78. The molecule has 0 fully saturated rings. The van der Waals surface area contributed by atoms with Crippen molar-refractivity contribution in [3.63, 3.8) is 0 Å². The van der Waals surface area contributed by atoms with Crippen LogP contribution in [0.5, 0.6) is 0 Å². The molecule has 0 aromatic rings. The molecule has 126 valence electrons. The molecule has 4 heteroatoms. The van der Waals surface area contributed by atoms with Crippen LogP contribution in [0.2, 0.25) is 0 Å². The number of unbranched alkanes of at least 4 members (excludes halogenated alkanes) is 1. The largest absolute Gasteiger partial charge is 0.356 e. The van der Waals surface area contributed by atoms with Gasteiger partial charge in [0.05, 0.1) is 0 Å². The Hall–Kier alpha value is -1.97. The lowest BCUT2D eigenvalue weighted by Crippen LogP contribution is -2.20. The molecule has 0 aromatic heterocycles. The third-order valence-corrected chi connectivity index (χ3v) is 4.34. The predicted octanol–water partition coefficient (Wildman–Crippen LogP) is 3.43. The minimum absolute atomic E-state index is 0.00104. The lowest BCUT2D eigenvalue weighted by Gasteiger charge is -2.17. The van der Waals surface area contributed by atoms with E-state index in [-0.39, 0.29) is 17.5 Å². The first-order chi connectivity index (χ1) is 10.8. The van der Waals surface area contributed by atoms with Crippen LogP contribution >= 0.6 is 0 Å². The Bertz CT molecular complexity index is 606. The highest BCUT2D eigenvalue weighted by atomic mass is 16.1. The van der Waals surface area contributed by atoms with Gasteiger partial charge in [0.15, 0.2) is 11.6 Å². The van der Waals surface area contributed by atoms with Crippen LogP contribution in [0.25, 0.3) is 0 Å². The first kappa shape index (κ1) is 19.1. The Morgan fingerprint density at radius 3 is 2.17 bits per heavy atom. The zero-order chi connectivity index (χ0) is 17.6. The summed E-state index contributed by atoms with van der Waals surface area (Å²) in [7, 11) is 0. The molecule has 0 spiro atoms. The van der Waals surface area contributed by atoms with Gasteiger partial charge in [-0.1, -0.05) is 11.6 Å². The van der Waals surface area contributed by atoms with E-state index in [9.17, 15) is 14.4 Å². The molecule has 0 atom stereocenters. The minimum atomic E-state index is -0.0153. The quantitative estimate of drug-likeness (QED) is 0.444. The molecule has 1 N–H and O–H groups in total. The van der Waals surface area contributed by atoms with Crippen molar-refractivity contribution in [3.8, 4) is 0 Å². The van der Waals surface area contributed by atoms with Gasteiger partial charge in [0, 0.05) is 35.8 Å². The topological polar surface area (TPSA) is 63.2 Å². The van der Waals surface area contributed by atoms with Crippen molar-refractivity contribution < 1.29 is 14.4 Å². The molecule has 23 heavy (non-hydrogen) atoms. The molecule has 1 aliphatic rings. The Balaban J connectivity index is 2.57. The highest BCUT2D eigenvalue weighted by Gasteiger charge is 2.26. The van der Waals surface area contributed by atoms with Crippen LogP contribution < -0.4 is 5.32 Å². The fraction of sp³-hybridized carbons (Fsp3) is 0.526. The van der Waals surface area contributed by atoms with Gasteiger partial charge in [-0.25, -0.2) is 0 Å². The number of hydrogen-bond donors (Lipinski definition) is 1. The number of amides is 1. The molecular weight excluding hydrogens is 290 g/mol. The zero-order valence-corrected chi connectivity index (χ0v) is 14.8. The van der Waals surface area contributed by atoms with E-state index in [0.29, 0.717) is 35.3 Å². The van der Waals surface area contributed by atoms with Gasteiger partial charge in [0.25, 0.3) is 0 Å². The maximum atomic E-state index is 12.3. The van der Waals surface area contributed by atoms with Gasteiger partial charge in [0.1, 0.15) is 0 Å². The third-order valence-electron chi connectivity index (χ3n) is 4.34. The standard InChI is InChI=1S/C19H27NO3/c1-12(8-6-7-11-20-16(5)21)9-10-17-15(4)18(22)13(2)14(3)19(17)23/h9H,6-8,10-11H2,1-5H3,(H,20,21)/b12-9+. The fourth-order valence-electron chi connectivity index (χ4n) is 2.57. The van der Waals surface area contributed by atoms with Crippen LogP contribution in [-0.2, 0) is 14.4 Å². The molecule has 0 radical (unpaired) electrons. The molecule has 0 heterocycles. The van der Waals surface area contributed by atoms with Crippen molar-refractivity contribution in [2.24, 2.45) is 0 Å². The lowest BCUT2D eigenvalue weighted by molar-refractivity contribution is -0.119. The summed E-state index contributed by atoms with van der Waals surface area (Å²) in [5.41, 5.74) is 3.53. The van der Waals surface area contributed by atoms with Crippen molar-refractivity contribution in [3.05, 3.63) is 33.9 Å². The first-order valence-electron chi connectivity index (χ1n) is 8.12.